The van der Waals surface area contributed by atoms with Crippen molar-refractivity contribution in [1.29, 1.82) is 0 Å². The average Bonchev–Trinajstić information content (AvgIpc) is 3.08. The number of hydrogen-bond donors (Lipinski definition) is 2. The molecule has 3 nitrogen and oxygen atoms in total. The Bertz CT molecular complexity index is 1120. The van der Waals surface area contributed by atoms with Crippen LogP contribution in [-0.4, -0.2) is 15.8 Å². The Labute approximate surface area is 133 Å². The molecule has 23 heavy (non-hydrogen) atoms. The summed E-state index contributed by atoms with van der Waals surface area (Å²) in [6.07, 6.45) is 0.795. The van der Waals surface area contributed by atoms with Crippen LogP contribution in [0.25, 0.3) is 21.8 Å². The second-order valence-corrected chi connectivity index (χ2v) is 6.51. The fourth-order valence-electron chi connectivity index (χ4n) is 3.84. The van der Waals surface area contributed by atoms with Crippen LogP contribution in [0.5, 0.6) is 0 Å². The Kier molecular flexibility index (Phi) is 2.28. The van der Waals surface area contributed by atoms with Crippen molar-refractivity contribution < 1.29 is 4.79 Å². The smallest absolute Gasteiger partial charge is 0.225 e. The van der Waals surface area contributed by atoms with E-state index >= 15 is 0 Å². The van der Waals surface area contributed by atoms with Crippen molar-refractivity contribution in [2.75, 3.05) is 0 Å². The Hall–Kier alpha value is -2.81. The van der Waals surface area contributed by atoms with Crippen LogP contribution in [0.2, 0.25) is 0 Å². The second-order valence-electron chi connectivity index (χ2n) is 6.51. The van der Waals surface area contributed by atoms with E-state index in [0.29, 0.717) is 0 Å². The fraction of sp³-hybridized carbons (Fsp3) is 0.150. The summed E-state index contributed by atoms with van der Waals surface area (Å²) in [7, 11) is 0. The van der Waals surface area contributed by atoms with E-state index in [4.69, 9.17) is 0 Å². The van der Waals surface area contributed by atoms with Gasteiger partial charge in [-0.15, -0.1) is 0 Å². The molecule has 2 aromatic heterocycles. The summed E-state index contributed by atoms with van der Waals surface area (Å²) in [6.45, 7) is 4.16. The molecule has 112 valence electrons. The molecule has 0 saturated carbocycles. The zero-order chi connectivity index (χ0) is 15.7. The zero-order valence-electron chi connectivity index (χ0n) is 13.1. The van der Waals surface area contributed by atoms with Crippen LogP contribution in [-0.2, 0) is 6.42 Å². The number of carbonyl (C=O) groups excluding carboxylic acids is 1. The second kappa shape index (κ2) is 4.13. The maximum absolute atomic E-state index is 13.0. The van der Waals surface area contributed by atoms with Gasteiger partial charge in [0, 0.05) is 28.2 Å². The van der Waals surface area contributed by atoms with Gasteiger partial charge in [-0.2, -0.15) is 0 Å². The molecule has 4 aromatic rings. The molecule has 0 spiro atoms. The third kappa shape index (κ3) is 1.57. The minimum absolute atomic E-state index is 0.0747. The van der Waals surface area contributed by atoms with Gasteiger partial charge in [-0.25, -0.2) is 0 Å². The molecule has 0 atom stereocenters. The van der Waals surface area contributed by atoms with Crippen LogP contribution in [0, 0.1) is 13.8 Å². The van der Waals surface area contributed by atoms with E-state index in [1.807, 2.05) is 0 Å². The summed E-state index contributed by atoms with van der Waals surface area (Å²) in [4.78, 5) is 19.7. The maximum Gasteiger partial charge on any atom is 0.225 e. The van der Waals surface area contributed by atoms with Gasteiger partial charge in [0.15, 0.2) is 0 Å². The van der Waals surface area contributed by atoms with Gasteiger partial charge in [0.05, 0.1) is 11.4 Å². The number of aryl methyl sites for hydroxylation is 2. The first-order chi connectivity index (χ1) is 11.1. The Balaban J connectivity index is 1.84. The van der Waals surface area contributed by atoms with Crippen molar-refractivity contribution in [3.8, 4) is 0 Å². The average molecular weight is 300 g/mol. The molecule has 0 unspecified atom stereocenters. The Morgan fingerprint density at radius 3 is 2.57 bits per heavy atom. The number of para-hydroxylation sites is 1. The first-order valence-electron chi connectivity index (χ1n) is 7.89. The molecular weight excluding hydrogens is 284 g/mol. The number of aromatic nitrogens is 2. The van der Waals surface area contributed by atoms with Crippen molar-refractivity contribution >= 4 is 27.6 Å². The highest BCUT2D eigenvalue weighted by Gasteiger charge is 2.30. The van der Waals surface area contributed by atoms with Gasteiger partial charge in [-0.1, -0.05) is 29.8 Å². The predicted molar refractivity (Wildman–Crippen MR) is 92.3 cm³/mol. The van der Waals surface area contributed by atoms with Crippen LogP contribution in [0.3, 0.4) is 0 Å². The molecule has 2 aromatic carbocycles. The summed E-state index contributed by atoms with van der Waals surface area (Å²) in [5.74, 6) is 0.0747. The molecule has 0 bridgehead atoms. The number of ketones is 1. The largest absolute Gasteiger partial charge is 0.352 e. The molecule has 0 fully saturated rings. The molecule has 0 aliphatic heterocycles. The lowest BCUT2D eigenvalue weighted by Crippen LogP contribution is -2.13. The van der Waals surface area contributed by atoms with Crippen molar-refractivity contribution in [2.45, 2.75) is 20.3 Å². The highest BCUT2D eigenvalue weighted by Crippen LogP contribution is 2.36. The number of benzene rings is 2. The summed E-state index contributed by atoms with van der Waals surface area (Å²) < 4.78 is 0. The highest BCUT2D eigenvalue weighted by molar-refractivity contribution is 6.16. The number of fused-ring (bicyclic) bond motifs is 6. The SMILES string of the molecule is Cc1ccc2[nH]c3c(c2c1)Cc1c([nH]c2c(C)cccc12)C3=O. The van der Waals surface area contributed by atoms with E-state index < -0.39 is 0 Å². The van der Waals surface area contributed by atoms with Crippen LogP contribution in [0.4, 0.5) is 0 Å². The van der Waals surface area contributed by atoms with Gasteiger partial charge in [-0.05, 0) is 42.7 Å². The van der Waals surface area contributed by atoms with Crippen LogP contribution in [0.15, 0.2) is 36.4 Å². The standard InChI is InChI=1S/C20H16N2O/c1-10-6-7-16-13(8-10)15-9-14-12-5-3-4-11(2)17(12)22-19(14)20(23)18(15)21-16/h3-8,21-22H,9H2,1-2H3. The summed E-state index contributed by atoms with van der Waals surface area (Å²) in [5.41, 5.74) is 8.25. The number of carbonyl (C=O) groups is 1. The van der Waals surface area contributed by atoms with Crippen molar-refractivity contribution in [1.82, 2.24) is 9.97 Å². The maximum atomic E-state index is 13.0. The topological polar surface area (TPSA) is 48.6 Å². The molecule has 3 heteroatoms. The van der Waals surface area contributed by atoms with Gasteiger partial charge < -0.3 is 9.97 Å². The highest BCUT2D eigenvalue weighted by atomic mass is 16.1. The minimum Gasteiger partial charge on any atom is -0.352 e. The zero-order valence-corrected chi connectivity index (χ0v) is 13.1. The van der Waals surface area contributed by atoms with Crippen LogP contribution >= 0.6 is 0 Å². The van der Waals surface area contributed by atoms with Gasteiger partial charge >= 0.3 is 0 Å². The Morgan fingerprint density at radius 2 is 1.70 bits per heavy atom. The number of H-pyrrole nitrogens is 2. The molecule has 0 saturated heterocycles. The van der Waals surface area contributed by atoms with E-state index in [1.54, 1.807) is 0 Å². The molecular formula is C20H16N2O. The van der Waals surface area contributed by atoms with E-state index in [0.717, 1.165) is 40.0 Å². The molecule has 5 rings (SSSR count). The normalized spacial score (nSPS) is 13.6. The molecule has 2 heterocycles. The summed E-state index contributed by atoms with van der Waals surface area (Å²) >= 11 is 0. The molecule has 0 radical (unpaired) electrons. The number of aromatic amines is 2. The van der Waals surface area contributed by atoms with Gasteiger partial charge in [0.2, 0.25) is 5.78 Å². The van der Waals surface area contributed by atoms with E-state index in [2.05, 4.69) is 60.2 Å². The lowest BCUT2D eigenvalue weighted by atomic mass is 9.90. The molecule has 0 amide bonds. The monoisotopic (exact) mass is 300 g/mol. The van der Waals surface area contributed by atoms with Gasteiger partial charge in [0.25, 0.3) is 0 Å². The summed E-state index contributed by atoms with van der Waals surface area (Å²) in [5, 5.41) is 2.34. The van der Waals surface area contributed by atoms with E-state index in [-0.39, 0.29) is 5.78 Å². The molecule has 1 aliphatic rings. The van der Waals surface area contributed by atoms with Crippen molar-refractivity contribution in [3.05, 3.63) is 70.0 Å². The fourth-order valence-corrected chi connectivity index (χ4v) is 3.84. The quantitative estimate of drug-likeness (QED) is 0.437. The lowest BCUT2D eigenvalue weighted by Gasteiger charge is -2.12. The van der Waals surface area contributed by atoms with Crippen molar-refractivity contribution in [2.24, 2.45) is 0 Å². The molecule has 2 N–H and O–H groups in total. The van der Waals surface area contributed by atoms with Gasteiger partial charge in [-0.3, -0.25) is 4.79 Å². The first kappa shape index (κ1) is 12.7. The third-order valence-corrected chi connectivity index (χ3v) is 5.02. The van der Waals surface area contributed by atoms with E-state index in [1.165, 1.54) is 21.9 Å². The van der Waals surface area contributed by atoms with Crippen LogP contribution in [0.1, 0.15) is 38.4 Å². The molecule has 1 aliphatic carbocycles. The predicted octanol–water partition coefficient (Wildman–Crippen LogP) is 4.40. The minimum atomic E-state index is 0.0747. The third-order valence-electron chi connectivity index (χ3n) is 5.02. The number of rotatable bonds is 0. The van der Waals surface area contributed by atoms with Crippen molar-refractivity contribution in [3.63, 3.8) is 0 Å². The number of nitrogens with one attached hydrogen (secondary N) is 2. The number of hydrogen-bond acceptors (Lipinski definition) is 1. The summed E-state index contributed by atoms with van der Waals surface area (Å²) in [6, 6.07) is 12.6. The first-order valence-corrected chi connectivity index (χ1v) is 7.89. The van der Waals surface area contributed by atoms with Gasteiger partial charge in [0.1, 0.15) is 0 Å². The van der Waals surface area contributed by atoms with Crippen LogP contribution < -0.4 is 0 Å². The van der Waals surface area contributed by atoms with E-state index in [9.17, 15) is 4.79 Å². The lowest BCUT2D eigenvalue weighted by molar-refractivity contribution is 0.102. The Morgan fingerprint density at radius 1 is 0.913 bits per heavy atom.